The molecular formula is C20H16FN3O4. The number of imidazole rings is 1. The number of halogens is 1. The summed E-state index contributed by atoms with van der Waals surface area (Å²) in [5.74, 6) is 1.45. The average molecular weight is 381 g/mol. The molecule has 1 N–H and O–H groups in total. The van der Waals surface area contributed by atoms with Gasteiger partial charge in [0.15, 0.2) is 17.3 Å². The van der Waals surface area contributed by atoms with Gasteiger partial charge in [0.25, 0.3) is 0 Å². The Labute approximate surface area is 159 Å². The zero-order chi connectivity index (χ0) is 19.3. The van der Waals surface area contributed by atoms with E-state index in [9.17, 15) is 9.18 Å². The van der Waals surface area contributed by atoms with Crippen LogP contribution in [0.2, 0.25) is 0 Å². The molecular weight excluding hydrogens is 365 g/mol. The fourth-order valence-electron chi connectivity index (χ4n) is 3.69. The van der Waals surface area contributed by atoms with Crippen molar-refractivity contribution in [1.82, 2.24) is 9.55 Å². The highest BCUT2D eigenvalue weighted by molar-refractivity contribution is 5.94. The summed E-state index contributed by atoms with van der Waals surface area (Å²) in [5.41, 5.74) is 2.41. The van der Waals surface area contributed by atoms with E-state index in [4.69, 9.17) is 14.2 Å². The maximum atomic E-state index is 13.3. The third-order valence-corrected chi connectivity index (χ3v) is 4.97. The minimum Gasteiger partial charge on any atom is -0.493 e. The van der Waals surface area contributed by atoms with Crippen LogP contribution in [-0.4, -0.2) is 29.4 Å². The summed E-state index contributed by atoms with van der Waals surface area (Å²) < 4.78 is 31.6. The fraction of sp³-hybridized carbons (Fsp3) is 0.200. The molecule has 1 amide bonds. The molecule has 5 rings (SSSR count). The molecule has 0 saturated heterocycles. The number of fused-ring (bicyclic) bond motifs is 2. The number of hydrogen-bond acceptors (Lipinski definition) is 5. The molecule has 3 heterocycles. The molecule has 2 aromatic carbocycles. The highest BCUT2D eigenvalue weighted by Gasteiger charge is 2.33. The van der Waals surface area contributed by atoms with Crippen molar-refractivity contribution in [2.75, 3.05) is 19.2 Å². The minimum atomic E-state index is -0.317. The van der Waals surface area contributed by atoms with Crippen molar-refractivity contribution < 1.29 is 23.4 Å². The average Bonchev–Trinajstić information content (AvgIpc) is 3.34. The largest absolute Gasteiger partial charge is 0.493 e. The molecule has 2 aliphatic heterocycles. The number of nitrogens with one attached hydrogen (secondary N) is 1. The quantitative estimate of drug-likeness (QED) is 0.754. The molecule has 0 bridgehead atoms. The monoisotopic (exact) mass is 381 g/mol. The Hall–Kier alpha value is -3.55. The van der Waals surface area contributed by atoms with E-state index in [0.29, 0.717) is 23.1 Å². The molecule has 7 nitrogen and oxygen atoms in total. The number of hydrogen-bond donors (Lipinski definition) is 1. The lowest BCUT2D eigenvalue weighted by atomic mass is 9.89. The molecule has 0 radical (unpaired) electrons. The van der Waals surface area contributed by atoms with E-state index >= 15 is 0 Å². The number of ether oxygens (including phenoxy) is 3. The predicted octanol–water partition coefficient (Wildman–Crippen LogP) is 3.22. The zero-order valence-electron chi connectivity index (χ0n) is 14.9. The summed E-state index contributed by atoms with van der Waals surface area (Å²) in [7, 11) is 1.56. The third-order valence-electron chi connectivity index (χ3n) is 4.97. The first kappa shape index (κ1) is 16.6. The van der Waals surface area contributed by atoms with E-state index in [2.05, 4.69) is 10.3 Å². The van der Waals surface area contributed by atoms with Gasteiger partial charge in [-0.2, -0.15) is 0 Å². The van der Waals surface area contributed by atoms with Gasteiger partial charge >= 0.3 is 0 Å². The SMILES string of the molecule is COc1cc([C@H]2CC(=O)Nc3ncn(-c4ccc(F)cc4)c32)cc2c1OCO2. The molecule has 1 aromatic heterocycles. The summed E-state index contributed by atoms with van der Waals surface area (Å²) in [6.45, 7) is 0.124. The van der Waals surface area contributed by atoms with E-state index in [1.54, 1.807) is 25.6 Å². The first-order valence-electron chi connectivity index (χ1n) is 8.74. The summed E-state index contributed by atoms with van der Waals surface area (Å²) in [6.07, 6.45) is 1.86. The highest BCUT2D eigenvalue weighted by Crippen LogP contribution is 2.46. The molecule has 0 fully saturated rings. The van der Waals surface area contributed by atoms with Gasteiger partial charge in [-0.3, -0.25) is 4.79 Å². The second kappa shape index (κ2) is 6.26. The van der Waals surface area contributed by atoms with E-state index in [1.165, 1.54) is 12.1 Å². The van der Waals surface area contributed by atoms with Crippen LogP contribution in [0.5, 0.6) is 17.2 Å². The predicted molar refractivity (Wildman–Crippen MR) is 97.7 cm³/mol. The Morgan fingerprint density at radius 2 is 2.07 bits per heavy atom. The van der Waals surface area contributed by atoms with E-state index in [-0.39, 0.29) is 30.9 Å². The summed E-state index contributed by atoms with van der Waals surface area (Å²) in [6, 6.07) is 9.84. The van der Waals surface area contributed by atoms with Crippen LogP contribution in [0.4, 0.5) is 10.2 Å². The van der Waals surface area contributed by atoms with E-state index in [1.807, 2.05) is 16.7 Å². The van der Waals surface area contributed by atoms with Crippen LogP contribution < -0.4 is 19.5 Å². The molecule has 0 spiro atoms. The molecule has 2 aliphatic rings. The number of benzene rings is 2. The number of carbonyl (C=O) groups is 1. The van der Waals surface area contributed by atoms with Crippen LogP contribution >= 0.6 is 0 Å². The van der Waals surface area contributed by atoms with Gasteiger partial charge in [0.1, 0.15) is 12.1 Å². The van der Waals surface area contributed by atoms with Crippen LogP contribution in [-0.2, 0) is 4.79 Å². The minimum absolute atomic E-state index is 0.124. The van der Waals surface area contributed by atoms with E-state index in [0.717, 1.165) is 16.9 Å². The van der Waals surface area contributed by atoms with Crippen molar-refractivity contribution in [3.8, 4) is 22.9 Å². The summed E-state index contributed by atoms with van der Waals surface area (Å²) in [5, 5.41) is 2.81. The first-order chi connectivity index (χ1) is 13.6. The van der Waals surface area contributed by atoms with Gasteiger partial charge < -0.3 is 24.1 Å². The van der Waals surface area contributed by atoms with Gasteiger partial charge in [-0.1, -0.05) is 0 Å². The number of methoxy groups -OCH3 is 1. The molecule has 0 aliphatic carbocycles. The number of carbonyl (C=O) groups excluding carboxylic acids is 1. The normalized spacial score (nSPS) is 17.2. The second-order valence-electron chi connectivity index (χ2n) is 6.59. The molecule has 8 heteroatoms. The fourth-order valence-corrected chi connectivity index (χ4v) is 3.69. The second-order valence-corrected chi connectivity index (χ2v) is 6.59. The first-order valence-corrected chi connectivity index (χ1v) is 8.74. The summed E-state index contributed by atoms with van der Waals surface area (Å²) >= 11 is 0. The highest BCUT2D eigenvalue weighted by atomic mass is 19.1. The van der Waals surface area contributed by atoms with Crippen LogP contribution in [0.3, 0.4) is 0 Å². The Morgan fingerprint density at radius 1 is 1.25 bits per heavy atom. The number of aromatic nitrogens is 2. The lowest BCUT2D eigenvalue weighted by molar-refractivity contribution is -0.116. The van der Waals surface area contributed by atoms with Crippen molar-refractivity contribution >= 4 is 11.7 Å². The molecule has 142 valence electrons. The number of anilines is 1. The maximum absolute atomic E-state index is 13.3. The van der Waals surface area contributed by atoms with Gasteiger partial charge in [0, 0.05) is 18.0 Å². The summed E-state index contributed by atoms with van der Waals surface area (Å²) in [4.78, 5) is 16.6. The molecule has 28 heavy (non-hydrogen) atoms. The maximum Gasteiger partial charge on any atom is 0.231 e. The van der Waals surface area contributed by atoms with Crippen molar-refractivity contribution in [2.24, 2.45) is 0 Å². The third kappa shape index (κ3) is 2.57. The van der Waals surface area contributed by atoms with Crippen molar-refractivity contribution in [3.63, 3.8) is 0 Å². The van der Waals surface area contributed by atoms with Crippen LogP contribution in [0.15, 0.2) is 42.7 Å². The van der Waals surface area contributed by atoms with Gasteiger partial charge in [-0.25, -0.2) is 9.37 Å². The van der Waals surface area contributed by atoms with Gasteiger partial charge in [-0.05, 0) is 42.0 Å². The van der Waals surface area contributed by atoms with Gasteiger partial charge in [-0.15, -0.1) is 0 Å². The van der Waals surface area contributed by atoms with Gasteiger partial charge in [0.2, 0.25) is 18.4 Å². The van der Waals surface area contributed by atoms with Crippen LogP contribution in [0.1, 0.15) is 23.6 Å². The van der Waals surface area contributed by atoms with Crippen molar-refractivity contribution in [2.45, 2.75) is 12.3 Å². The van der Waals surface area contributed by atoms with E-state index < -0.39 is 0 Å². The molecule has 0 saturated carbocycles. The standard InChI is InChI=1S/C20H16FN3O4/c1-26-15-6-11(7-16-19(15)28-10-27-16)14-8-17(25)23-20-18(14)24(9-22-20)13-4-2-12(21)3-5-13/h2-7,9,14H,8,10H2,1H3,(H,23,25)/t14-/m1/s1. The van der Waals surface area contributed by atoms with Crippen molar-refractivity contribution in [1.29, 1.82) is 0 Å². The Morgan fingerprint density at radius 3 is 2.86 bits per heavy atom. The molecule has 0 unspecified atom stereocenters. The Kier molecular flexibility index (Phi) is 3.71. The lowest BCUT2D eigenvalue weighted by Gasteiger charge is -2.25. The van der Waals surface area contributed by atoms with Crippen molar-refractivity contribution in [3.05, 3.63) is 59.8 Å². The smallest absolute Gasteiger partial charge is 0.231 e. The number of nitrogens with zero attached hydrogens (tertiary/aromatic N) is 2. The Bertz CT molecular complexity index is 1080. The van der Waals surface area contributed by atoms with Gasteiger partial charge in [0.05, 0.1) is 12.8 Å². The van der Waals surface area contributed by atoms with Crippen LogP contribution in [0, 0.1) is 5.82 Å². The lowest BCUT2D eigenvalue weighted by Crippen LogP contribution is -2.25. The van der Waals surface area contributed by atoms with Crippen LogP contribution in [0.25, 0.3) is 5.69 Å². The Balaban J connectivity index is 1.66. The molecule has 1 atom stereocenters. The number of amides is 1. The number of rotatable bonds is 3. The zero-order valence-corrected chi connectivity index (χ0v) is 14.9. The topological polar surface area (TPSA) is 74.6 Å². The molecule has 3 aromatic rings.